The highest BCUT2D eigenvalue weighted by Gasteiger charge is 2.33. The van der Waals surface area contributed by atoms with E-state index in [0.717, 1.165) is 5.56 Å². The van der Waals surface area contributed by atoms with E-state index < -0.39 is 25.6 Å². The van der Waals surface area contributed by atoms with Gasteiger partial charge in [-0.3, -0.25) is 19.2 Å². The first kappa shape index (κ1) is 18.4. The number of aromatic nitrogens is 2. The molecule has 3 rings (SSSR count). The Balaban J connectivity index is 1.93. The molecule has 1 fully saturated rings. The van der Waals surface area contributed by atoms with Crippen LogP contribution in [-0.4, -0.2) is 29.7 Å². The molecule has 0 aliphatic carbocycles. The lowest BCUT2D eigenvalue weighted by molar-refractivity contribution is -0.167. The molecule has 1 aliphatic heterocycles. The van der Waals surface area contributed by atoms with Crippen LogP contribution in [0, 0.1) is 11.5 Å². The van der Waals surface area contributed by atoms with E-state index in [1.807, 2.05) is 37.4 Å². The normalized spacial score (nSPS) is 20.6. The van der Waals surface area contributed by atoms with Crippen molar-refractivity contribution in [3.63, 3.8) is 0 Å². The fourth-order valence-electron chi connectivity index (χ4n) is 2.88. The van der Waals surface area contributed by atoms with Crippen LogP contribution in [-0.2, 0) is 4.84 Å². The SMILES string of the molecule is CN1OC(n2cc(C#C[Si](C)(C)C)c(=O)[nH]c2=O)CC1c1ccccc1. The van der Waals surface area contributed by atoms with E-state index in [9.17, 15) is 9.59 Å². The van der Waals surface area contributed by atoms with Crippen molar-refractivity contribution < 1.29 is 4.84 Å². The Morgan fingerprint density at radius 1 is 1.19 bits per heavy atom. The lowest BCUT2D eigenvalue weighted by atomic mass is 10.0. The van der Waals surface area contributed by atoms with Gasteiger partial charge in [-0.15, -0.1) is 5.54 Å². The van der Waals surface area contributed by atoms with Gasteiger partial charge in [0.05, 0.1) is 6.04 Å². The van der Waals surface area contributed by atoms with Crippen molar-refractivity contribution in [2.24, 2.45) is 0 Å². The number of aromatic amines is 1. The summed E-state index contributed by atoms with van der Waals surface area (Å²) in [7, 11) is 0.215. The zero-order valence-electron chi connectivity index (χ0n) is 15.4. The number of rotatable bonds is 2. The molecule has 1 saturated heterocycles. The van der Waals surface area contributed by atoms with Gasteiger partial charge in [0.25, 0.3) is 5.56 Å². The van der Waals surface area contributed by atoms with Crippen LogP contribution in [0.2, 0.25) is 19.6 Å². The van der Waals surface area contributed by atoms with Crippen LogP contribution in [0.25, 0.3) is 0 Å². The van der Waals surface area contributed by atoms with Crippen molar-refractivity contribution in [2.75, 3.05) is 7.05 Å². The van der Waals surface area contributed by atoms with Crippen LogP contribution in [0.15, 0.2) is 46.1 Å². The molecule has 2 unspecified atom stereocenters. The number of H-pyrrole nitrogens is 1. The van der Waals surface area contributed by atoms with E-state index in [2.05, 4.69) is 36.1 Å². The average molecular weight is 369 g/mol. The molecule has 2 heterocycles. The van der Waals surface area contributed by atoms with Gasteiger partial charge in [-0.05, 0) is 5.56 Å². The molecule has 0 bridgehead atoms. The summed E-state index contributed by atoms with van der Waals surface area (Å²) in [4.78, 5) is 32.6. The van der Waals surface area contributed by atoms with E-state index >= 15 is 0 Å². The smallest absolute Gasteiger partial charge is 0.273 e. The maximum atomic E-state index is 12.3. The van der Waals surface area contributed by atoms with Gasteiger partial charge in [0.1, 0.15) is 13.6 Å². The Morgan fingerprint density at radius 2 is 1.88 bits per heavy atom. The molecule has 0 saturated carbocycles. The van der Waals surface area contributed by atoms with Gasteiger partial charge in [-0.25, -0.2) is 4.79 Å². The molecule has 0 amide bonds. The summed E-state index contributed by atoms with van der Waals surface area (Å²) >= 11 is 0. The van der Waals surface area contributed by atoms with Crippen molar-refractivity contribution >= 4 is 8.07 Å². The molecule has 0 radical (unpaired) electrons. The first-order valence-corrected chi connectivity index (χ1v) is 12.1. The molecule has 7 heteroatoms. The molecular weight excluding hydrogens is 346 g/mol. The lowest BCUT2D eigenvalue weighted by Crippen LogP contribution is -2.33. The van der Waals surface area contributed by atoms with Crippen LogP contribution >= 0.6 is 0 Å². The Bertz CT molecular complexity index is 964. The van der Waals surface area contributed by atoms with Crippen LogP contribution in [0.1, 0.15) is 29.8 Å². The number of nitrogens with zero attached hydrogens (tertiary/aromatic N) is 2. The molecule has 6 nitrogen and oxygen atoms in total. The molecular formula is C19H23N3O3Si. The third-order valence-electron chi connectivity index (χ3n) is 4.19. The standard InChI is InChI=1S/C19H23N3O3Si/c1-21-16(14-8-6-5-7-9-14)12-17(25-21)22-13-15(10-11-26(2,3)4)18(23)20-19(22)24/h5-9,13,16-17H,12H2,1-4H3,(H,20,23,24). The Kier molecular flexibility index (Phi) is 5.00. The summed E-state index contributed by atoms with van der Waals surface area (Å²) in [6.07, 6.45) is 1.63. The number of hydrogen-bond acceptors (Lipinski definition) is 4. The van der Waals surface area contributed by atoms with Gasteiger partial charge in [0.15, 0.2) is 6.23 Å². The van der Waals surface area contributed by atoms with Gasteiger partial charge in [-0.2, -0.15) is 5.06 Å². The molecule has 1 N–H and O–H groups in total. The first-order valence-electron chi connectivity index (χ1n) is 8.58. The van der Waals surface area contributed by atoms with E-state index in [-0.39, 0.29) is 6.04 Å². The van der Waals surface area contributed by atoms with Crippen molar-refractivity contribution in [2.45, 2.75) is 38.3 Å². The van der Waals surface area contributed by atoms with Gasteiger partial charge in [0, 0.05) is 19.7 Å². The zero-order valence-corrected chi connectivity index (χ0v) is 16.4. The molecule has 1 aromatic carbocycles. The summed E-state index contributed by atoms with van der Waals surface area (Å²) in [6.45, 7) is 6.30. The van der Waals surface area contributed by atoms with Crippen LogP contribution in [0.4, 0.5) is 0 Å². The molecule has 2 atom stereocenters. The van der Waals surface area contributed by atoms with Gasteiger partial charge in [-0.1, -0.05) is 55.9 Å². The Labute approximate surface area is 153 Å². The summed E-state index contributed by atoms with van der Waals surface area (Å²) < 4.78 is 1.43. The largest absolute Gasteiger partial charge is 0.330 e. The monoisotopic (exact) mass is 369 g/mol. The predicted octanol–water partition coefficient (Wildman–Crippen LogP) is 2.27. The highest BCUT2D eigenvalue weighted by molar-refractivity contribution is 6.83. The molecule has 1 aromatic heterocycles. The second kappa shape index (κ2) is 7.07. The van der Waals surface area contributed by atoms with Crippen LogP contribution in [0.5, 0.6) is 0 Å². The van der Waals surface area contributed by atoms with Crippen molar-refractivity contribution in [1.29, 1.82) is 0 Å². The van der Waals surface area contributed by atoms with Gasteiger partial charge < -0.3 is 0 Å². The number of nitrogens with one attached hydrogen (secondary N) is 1. The third-order valence-corrected chi connectivity index (χ3v) is 5.06. The topological polar surface area (TPSA) is 67.3 Å². The minimum atomic E-state index is -1.63. The van der Waals surface area contributed by atoms with E-state index in [4.69, 9.17) is 4.84 Å². The fraction of sp³-hybridized carbons (Fsp3) is 0.368. The van der Waals surface area contributed by atoms with E-state index in [1.54, 1.807) is 5.06 Å². The van der Waals surface area contributed by atoms with Gasteiger partial charge >= 0.3 is 5.69 Å². The molecule has 26 heavy (non-hydrogen) atoms. The van der Waals surface area contributed by atoms with Crippen molar-refractivity contribution in [3.05, 3.63) is 68.5 Å². The van der Waals surface area contributed by atoms with Crippen molar-refractivity contribution in [1.82, 2.24) is 14.6 Å². The third kappa shape index (κ3) is 4.04. The van der Waals surface area contributed by atoms with Gasteiger partial charge in [0.2, 0.25) is 0 Å². The summed E-state index contributed by atoms with van der Waals surface area (Å²) in [5.41, 5.74) is 3.63. The minimum absolute atomic E-state index is 0.0385. The minimum Gasteiger partial charge on any atom is -0.273 e. The summed E-state index contributed by atoms with van der Waals surface area (Å²) in [5, 5.41) is 1.75. The molecule has 0 spiro atoms. The highest BCUT2D eigenvalue weighted by Crippen LogP contribution is 2.37. The number of hydrogen-bond donors (Lipinski definition) is 1. The fourth-order valence-corrected chi connectivity index (χ4v) is 3.39. The molecule has 136 valence electrons. The second-order valence-electron chi connectivity index (χ2n) is 7.48. The molecule has 2 aromatic rings. The number of hydroxylamine groups is 2. The lowest BCUT2D eigenvalue weighted by Gasteiger charge is -2.17. The van der Waals surface area contributed by atoms with Crippen molar-refractivity contribution in [3.8, 4) is 11.5 Å². The van der Waals surface area contributed by atoms with Crippen LogP contribution in [0.3, 0.4) is 0 Å². The Hall–Kier alpha value is -2.40. The second-order valence-corrected chi connectivity index (χ2v) is 12.2. The number of benzene rings is 1. The predicted molar refractivity (Wildman–Crippen MR) is 103 cm³/mol. The molecule has 1 aliphatic rings. The van der Waals surface area contributed by atoms with E-state index in [1.165, 1.54) is 10.8 Å². The maximum Gasteiger partial charge on any atom is 0.330 e. The van der Waals surface area contributed by atoms with E-state index in [0.29, 0.717) is 12.0 Å². The Morgan fingerprint density at radius 3 is 2.54 bits per heavy atom. The maximum absolute atomic E-state index is 12.3. The highest BCUT2D eigenvalue weighted by atomic mass is 28.3. The van der Waals surface area contributed by atoms with Crippen LogP contribution < -0.4 is 11.2 Å². The average Bonchev–Trinajstić information content (AvgIpc) is 2.95. The summed E-state index contributed by atoms with van der Waals surface area (Å²) in [5.74, 6) is 2.94. The first-order chi connectivity index (χ1) is 12.2. The summed E-state index contributed by atoms with van der Waals surface area (Å²) in [6, 6.07) is 10.0. The zero-order chi connectivity index (χ0) is 18.9. The quantitative estimate of drug-likeness (QED) is 0.651.